The maximum Gasteiger partial charge on any atom is 0.338 e. The monoisotopic (exact) mass is 243 g/mol. The van der Waals surface area contributed by atoms with E-state index in [9.17, 15) is 9.18 Å². The minimum Gasteiger partial charge on any atom is -0.478 e. The average Bonchev–Trinajstić information content (AvgIpc) is 2.28. The number of carbonyl (C=O) groups is 1. The number of aromatic carboxylic acids is 1. The van der Waals surface area contributed by atoms with Gasteiger partial charge in [-0.2, -0.15) is 5.48 Å². The molecule has 2 N–H and O–H groups in total. The van der Waals surface area contributed by atoms with Crippen molar-refractivity contribution in [3.8, 4) is 0 Å². The summed E-state index contributed by atoms with van der Waals surface area (Å²) in [6.45, 7) is 1.13. The van der Waals surface area contributed by atoms with Gasteiger partial charge in [0.1, 0.15) is 5.82 Å². The number of carboxylic acid groups (broad SMARTS) is 1. The second-order valence-electron chi connectivity index (χ2n) is 3.28. The largest absolute Gasteiger partial charge is 0.478 e. The number of hydroxylamine groups is 1. The van der Waals surface area contributed by atoms with Gasteiger partial charge in [-0.15, -0.1) is 0 Å². The lowest BCUT2D eigenvalue weighted by Crippen LogP contribution is -2.17. The fraction of sp³-hybridized carbons (Fsp3) is 0.364. The van der Waals surface area contributed by atoms with Gasteiger partial charge in [0.15, 0.2) is 0 Å². The number of nitrogens with one attached hydrogen (secondary N) is 1. The molecule has 17 heavy (non-hydrogen) atoms. The lowest BCUT2D eigenvalue weighted by atomic mass is 10.1. The van der Waals surface area contributed by atoms with Gasteiger partial charge in [-0.3, -0.25) is 4.84 Å². The zero-order chi connectivity index (χ0) is 12.7. The molecule has 0 aromatic heterocycles. The van der Waals surface area contributed by atoms with Crippen molar-refractivity contribution in [2.75, 3.05) is 20.3 Å². The third kappa shape index (κ3) is 4.48. The summed E-state index contributed by atoms with van der Waals surface area (Å²) in [7, 11) is 1.56. The van der Waals surface area contributed by atoms with Gasteiger partial charge in [0.2, 0.25) is 0 Å². The van der Waals surface area contributed by atoms with Gasteiger partial charge < -0.3 is 9.84 Å². The summed E-state index contributed by atoms with van der Waals surface area (Å²) < 4.78 is 18.0. The molecule has 0 aliphatic carbocycles. The van der Waals surface area contributed by atoms with Crippen LogP contribution in [-0.4, -0.2) is 31.4 Å². The number of benzene rings is 1. The van der Waals surface area contributed by atoms with Gasteiger partial charge >= 0.3 is 5.97 Å². The first-order valence-corrected chi connectivity index (χ1v) is 5.00. The predicted molar refractivity (Wildman–Crippen MR) is 58.0 cm³/mol. The fourth-order valence-electron chi connectivity index (χ4n) is 1.17. The van der Waals surface area contributed by atoms with Crippen molar-refractivity contribution < 1.29 is 23.9 Å². The van der Waals surface area contributed by atoms with Crippen LogP contribution in [0, 0.1) is 5.82 Å². The molecule has 5 nitrogen and oxygen atoms in total. The van der Waals surface area contributed by atoms with Crippen molar-refractivity contribution in [2.24, 2.45) is 0 Å². The SMILES string of the molecule is COCCONCc1ccc(C(=O)O)c(F)c1. The molecule has 0 unspecified atom stereocenters. The lowest BCUT2D eigenvalue weighted by Gasteiger charge is -2.06. The van der Waals surface area contributed by atoms with Crippen molar-refractivity contribution in [2.45, 2.75) is 6.54 Å². The Kier molecular flexibility index (Phi) is 5.55. The van der Waals surface area contributed by atoms with Crippen molar-refractivity contribution in [1.29, 1.82) is 0 Å². The fourth-order valence-corrected chi connectivity index (χ4v) is 1.17. The molecule has 0 spiro atoms. The van der Waals surface area contributed by atoms with Crippen LogP contribution in [-0.2, 0) is 16.1 Å². The van der Waals surface area contributed by atoms with Crippen molar-refractivity contribution >= 4 is 5.97 Å². The Bertz CT molecular complexity index is 384. The van der Waals surface area contributed by atoms with Crippen molar-refractivity contribution in [3.63, 3.8) is 0 Å². The van der Waals surface area contributed by atoms with E-state index >= 15 is 0 Å². The number of methoxy groups -OCH3 is 1. The summed E-state index contributed by atoms with van der Waals surface area (Å²) in [5.74, 6) is -2.04. The average molecular weight is 243 g/mol. The van der Waals surface area contributed by atoms with E-state index in [1.165, 1.54) is 12.1 Å². The summed E-state index contributed by atoms with van der Waals surface area (Å²) >= 11 is 0. The Labute approximate surface area is 98.1 Å². The zero-order valence-corrected chi connectivity index (χ0v) is 9.40. The molecule has 0 radical (unpaired) electrons. The molecule has 0 bridgehead atoms. The Morgan fingerprint density at radius 2 is 2.24 bits per heavy atom. The van der Waals surface area contributed by atoms with Crippen molar-refractivity contribution in [1.82, 2.24) is 5.48 Å². The molecule has 1 rings (SSSR count). The first-order valence-electron chi connectivity index (χ1n) is 5.00. The molecule has 6 heteroatoms. The maximum absolute atomic E-state index is 13.3. The van der Waals surface area contributed by atoms with Gasteiger partial charge in [-0.05, 0) is 17.7 Å². The predicted octanol–water partition coefficient (Wildman–Crippen LogP) is 1.19. The highest BCUT2D eigenvalue weighted by molar-refractivity contribution is 5.87. The van der Waals surface area contributed by atoms with Gasteiger partial charge in [0, 0.05) is 13.7 Å². The Hall–Kier alpha value is -1.50. The second-order valence-corrected chi connectivity index (χ2v) is 3.28. The minimum atomic E-state index is -1.28. The highest BCUT2D eigenvalue weighted by Crippen LogP contribution is 2.10. The molecule has 0 aliphatic rings. The smallest absolute Gasteiger partial charge is 0.338 e. The van der Waals surface area contributed by atoms with Crippen LogP contribution in [0.5, 0.6) is 0 Å². The van der Waals surface area contributed by atoms with Crippen molar-refractivity contribution in [3.05, 3.63) is 35.1 Å². The molecule has 1 aromatic rings. The van der Waals surface area contributed by atoms with E-state index in [2.05, 4.69) is 5.48 Å². The summed E-state index contributed by atoms with van der Waals surface area (Å²) in [5, 5.41) is 8.64. The van der Waals surface area contributed by atoms with Crippen LogP contribution < -0.4 is 5.48 Å². The minimum absolute atomic E-state index is 0.292. The van der Waals surface area contributed by atoms with Crippen LogP contribution in [0.1, 0.15) is 15.9 Å². The number of rotatable bonds is 7. The summed E-state index contributed by atoms with van der Waals surface area (Å²) in [6, 6.07) is 3.92. The summed E-state index contributed by atoms with van der Waals surface area (Å²) in [4.78, 5) is 15.6. The van der Waals surface area contributed by atoms with E-state index in [1.807, 2.05) is 0 Å². The van der Waals surface area contributed by atoms with E-state index in [0.29, 0.717) is 25.3 Å². The van der Waals surface area contributed by atoms with E-state index in [0.717, 1.165) is 6.07 Å². The summed E-state index contributed by atoms with van der Waals surface area (Å²) in [6.07, 6.45) is 0. The number of ether oxygens (including phenoxy) is 1. The first-order chi connectivity index (χ1) is 8.15. The Morgan fingerprint density at radius 1 is 1.47 bits per heavy atom. The van der Waals surface area contributed by atoms with Gasteiger partial charge in [0.05, 0.1) is 18.8 Å². The third-order valence-corrected chi connectivity index (χ3v) is 2.03. The molecule has 0 saturated carbocycles. The number of carboxylic acids is 1. The zero-order valence-electron chi connectivity index (χ0n) is 9.40. The maximum atomic E-state index is 13.3. The number of halogens is 1. The van der Waals surface area contributed by atoms with E-state index in [-0.39, 0.29) is 5.56 Å². The van der Waals surface area contributed by atoms with Gasteiger partial charge in [0.25, 0.3) is 0 Å². The van der Waals surface area contributed by atoms with Crippen LogP contribution in [0.2, 0.25) is 0 Å². The molecular formula is C11H14FNO4. The summed E-state index contributed by atoms with van der Waals surface area (Å²) in [5.41, 5.74) is 2.88. The second kappa shape index (κ2) is 6.95. The Morgan fingerprint density at radius 3 is 2.82 bits per heavy atom. The highest BCUT2D eigenvalue weighted by Gasteiger charge is 2.09. The lowest BCUT2D eigenvalue weighted by molar-refractivity contribution is 0.00343. The van der Waals surface area contributed by atoms with Gasteiger partial charge in [-0.25, -0.2) is 9.18 Å². The highest BCUT2D eigenvalue weighted by atomic mass is 19.1. The third-order valence-electron chi connectivity index (χ3n) is 2.03. The van der Waals surface area contributed by atoms with E-state index < -0.39 is 11.8 Å². The molecule has 0 atom stereocenters. The van der Waals surface area contributed by atoms with Crippen LogP contribution in [0.3, 0.4) is 0 Å². The molecular weight excluding hydrogens is 229 g/mol. The molecule has 0 saturated heterocycles. The quantitative estimate of drug-likeness (QED) is 0.556. The van der Waals surface area contributed by atoms with E-state index in [4.69, 9.17) is 14.7 Å². The molecule has 0 fully saturated rings. The molecule has 94 valence electrons. The van der Waals surface area contributed by atoms with E-state index in [1.54, 1.807) is 7.11 Å². The number of hydrogen-bond donors (Lipinski definition) is 2. The van der Waals surface area contributed by atoms with Crippen LogP contribution >= 0.6 is 0 Å². The normalized spacial score (nSPS) is 10.5. The number of hydrogen-bond acceptors (Lipinski definition) is 4. The Balaban J connectivity index is 2.45. The van der Waals surface area contributed by atoms with Crippen LogP contribution in [0.4, 0.5) is 4.39 Å². The first kappa shape index (κ1) is 13.6. The molecule has 0 amide bonds. The van der Waals surface area contributed by atoms with Crippen LogP contribution in [0.15, 0.2) is 18.2 Å². The molecule has 0 heterocycles. The molecule has 0 aliphatic heterocycles. The topological polar surface area (TPSA) is 67.8 Å². The standard InChI is InChI=1S/C11H14FNO4/c1-16-4-5-17-13-7-8-2-3-9(11(14)15)10(12)6-8/h2-3,6,13H,4-5,7H2,1H3,(H,14,15). The van der Waals surface area contributed by atoms with Crippen LogP contribution in [0.25, 0.3) is 0 Å². The van der Waals surface area contributed by atoms with Gasteiger partial charge in [-0.1, -0.05) is 6.07 Å². The molecule has 1 aromatic carbocycles.